The number of rotatable bonds is 5. The van der Waals surface area contributed by atoms with E-state index in [9.17, 15) is 9.18 Å². The van der Waals surface area contributed by atoms with Gasteiger partial charge in [-0.2, -0.15) is 0 Å². The molecule has 18 heavy (non-hydrogen) atoms. The van der Waals surface area contributed by atoms with Gasteiger partial charge in [0.25, 0.3) is 0 Å². The molecule has 100 valence electrons. The molecule has 0 heterocycles. The number of methoxy groups -OCH3 is 1. The fourth-order valence-corrected chi connectivity index (χ4v) is 1.27. The van der Waals surface area contributed by atoms with Crippen LogP contribution in [0.5, 0.6) is 0 Å². The smallest absolute Gasteiger partial charge is 0.340 e. The summed E-state index contributed by atoms with van der Waals surface area (Å²) < 4.78 is 23.2. The molecule has 5 heteroatoms. The first-order valence-electron chi connectivity index (χ1n) is 5.63. The van der Waals surface area contributed by atoms with E-state index in [4.69, 9.17) is 15.2 Å². The number of ether oxygens (including phenoxy) is 2. The Bertz CT molecular complexity index is 432. The van der Waals surface area contributed by atoms with Crippen molar-refractivity contribution in [2.24, 2.45) is 0 Å². The molecule has 0 radical (unpaired) electrons. The molecule has 4 nitrogen and oxygen atoms in total. The minimum atomic E-state index is -0.626. The summed E-state index contributed by atoms with van der Waals surface area (Å²) in [6, 6.07) is 3.60. The number of benzene rings is 1. The maximum absolute atomic E-state index is 13.0. The lowest BCUT2D eigenvalue weighted by Gasteiger charge is -2.22. The molecule has 0 saturated heterocycles. The molecule has 0 bridgehead atoms. The number of esters is 1. The van der Waals surface area contributed by atoms with Crippen molar-refractivity contribution in [1.29, 1.82) is 0 Å². The van der Waals surface area contributed by atoms with Crippen molar-refractivity contribution in [3.8, 4) is 0 Å². The summed E-state index contributed by atoms with van der Waals surface area (Å²) in [5.41, 5.74) is 5.46. The summed E-state index contributed by atoms with van der Waals surface area (Å²) >= 11 is 0. The van der Waals surface area contributed by atoms with Crippen molar-refractivity contribution in [2.45, 2.75) is 25.9 Å². The second kappa shape index (κ2) is 5.82. The van der Waals surface area contributed by atoms with Crippen molar-refractivity contribution in [1.82, 2.24) is 0 Å². The maximum Gasteiger partial charge on any atom is 0.340 e. The van der Waals surface area contributed by atoms with Gasteiger partial charge in [0, 0.05) is 19.2 Å². The van der Waals surface area contributed by atoms with Gasteiger partial charge in [0.15, 0.2) is 0 Å². The zero-order chi connectivity index (χ0) is 13.8. The average molecular weight is 255 g/mol. The third-order valence-electron chi connectivity index (χ3n) is 2.73. The summed E-state index contributed by atoms with van der Waals surface area (Å²) in [5, 5.41) is 0. The molecule has 1 rings (SSSR count). The summed E-state index contributed by atoms with van der Waals surface area (Å²) in [5.74, 6) is -1.15. The van der Waals surface area contributed by atoms with E-state index in [1.165, 1.54) is 12.1 Å². The number of nitrogens with two attached hydrogens (primary N) is 1. The van der Waals surface area contributed by atoms with Crippen molar-refractivity contribution < 1.29 is 18.7 Å². The topological polar surface area (TPSA) is 61.5 Å². The lowest BCUT2D eigenvalue weighted by atomic mass is 10.1. The lowest BCUT2D eigenvalue weighted by molar-refractivity contribution is -0.00561. The van der Waals surface area contributed by atoms with Crippen molar-refractivity contribution in [2.75, 3.05) is 19.5 Å². The number of carbonyl (C=O) groups excluding carboxylic acids is 1. The summed E-state index contributed by atoms with van der Waals surface area (Å²) in [4.78, 5) is 11.7. The first-order valence-corrected chi connectivity index (χ1v) is 5.63. The molecule has 0 fully saturated rings. The normalized spacial score (nSPS) is 11.3. The van der Waals surface area contributed by atoms with Crippen molar-refractivity contribution in [3.63, 3.8) is 0 Å². The van der Waals surface area contributed by atoms with Gasteiger partial charge >= 0.3 is 5.97 Å². The van der Waals surface area contributed by atoms with E-state index in [-0.39, 0.29) is 23.5 Å². The van der Waals surface area contributed by atoms with Crippen LogP contribution >= 0.6 is 0 Å². The Kier molecular flexibility index (Phi) is 4.67. The Morgan fingerprint density at radius 3 is 2.72 bits per heavy atom. The maximum atomic E-state index is 13.0. The highest BCUT2D eigenvalue weighted by Crippen LogP contribution is 2.16. The Balaban J connectivity index is 2.58. The van der Waals surface area contributed by atoms with E-state index in [1.54, 1.807) is 7.11 Å². The zero-order valence-electron chi connectivity index (χ0n) is 10.8. The monoisotopic (exact) mass is 255 g/mol. The third-order valence-corrected chi connectivity index (χ3v) is 2.73. The van der Waals surface area contributed by atoms with Crippen LogP contribution in [0.1, 0.15) is 30.6 Å². The average Bonchev–Trinajstić information content (AvgIpc) is 2.32. The van der Waals surface area contributed by atoms with Crippen LogP contribution in [0.3, 0.4) is 0 Å². The predicted molar refractivity (Wildman–Crippen MR) is 66.8 cm³/mol. The van der Waals surface area contributed by atoms with Crippen LogP contribution < -0.4 is 5.73 Å². The van der Waals surface area contributed by atoms with Gasteiger partial charge < -0.3 is 15.2 Å². The molecule has 0 spiro atoms. The van der Waals surface area contributed by atoms with Crippen molar-refractivity contribution in [3.05, 3.63) is 29.6 Å². The zero-order valence-corrected chi connectivity index (χ0v) is 10.8. The van der Waals surface area contributed by atoms with Gasteiger partial charge in [0.1, 0.15) is 5.82 Å². The van der Waals surface area contributed by atoms with Crippen LogP contribution in [-0.2, 0) is 9.47 Å². The van der Waals surface area contributed by atoms with E-state index >= 15 is 0 Å². The van der Waals surface area contributed by atoms with E-state index < -0.39 is 11.8 Å². The van der Waals surface area contributed by atoms with E-state index in [0.717, 1.165) is 6.07 Å². The molecule has 2 N–H and O–H groups in total. The third kappa shape index (κ3) is 4.00. The second-order valence-corrected chi connectivity index (χ2v) is 4.58. The minimum absolute atomic E-state index is 0.0465. The molecular formula is C13H18FNO3. The number of carbonyl (C=O) groups is 1. The minimum Gasteiger partial charge on any atom is -0.462 e. The van der Waals surface area contributed by atoms with E-state index in [1.807, 2.05) is 13.8 Å². The molecule has 0 aliphatic rings. The number of anilines is 1. The molecule has 0 saturated carbocycles. The van der Waals surface area contributed by atoms with Gasteiger partial charge in [0.2, 0.25) is 0 Å². The Morgan fingerprint density at radius 1 is 1.44 bits per heavy atom. The van der Waals surface area contributed by atoms with Gasteiger partial charge in [-0.1, -0.05) is 0 Å². The van der Waals surface area contributed by atoms with Crippen LogP contribution in [0.2, 0.25) is 0 Å². The number of hydrogen-bond acceptors (Lipinski definition) is 4. The molecule has 1 aromatic rings. The van der Waals surface area contributed by atoms with Gasteiger partial charge in [-0.3, -0.25) is 0 Å². The SMILES string of the molecule is COC(C)(C)CCOC(=O)c1cc(F)ccc1N. The lowest BCUT2D eigenvalue weighted by Crippen LogP contribution is -2.25. The highest BCUT2D eigenvalue weighted by atomic mass is 19.1. The Labute approximate surface area is 106 Å². The predicted octanol–water partition coefficient (Wildman–Crippen LogP) is 2.38. The fourth-order valence-electron chi connectivity index (χ4n) is 1.27. The highest BCUT2D eigenvalue weighted by molar-refractivity contribution is 5.95. The van der Waals surface area contributed by atoms with Gasteiger partial charge in [-0.25, -0.2) is 9.18 Å². The molecule has 0 aliphatic carbocycles. The van der Waals surface area contributed by atoms with Gasteiger partial charge in [0.05, 0.1) is 17.8 Å². The first kappa shape index (κ1) is 14.4. The number of nitrogen functional groups attached to an aromatic ring is 1. The molecule has 0 unspecified atom stereocenters. The fraction of sp³-hybridized carbons (Fsp3) is 0.462. The van der Waals surface area contributed by atoms with Crippen LogP contribution in [0.25, 0.3) is 0 Å². The largest absolute Gasteiger partial charge is 0.462 e. The molecular weight excluding hydrogens is 237 g/mol. The van der Waals surface area contributed by atoms with Crippen molar-refractivity contribution >= 4 is 11.7 Å². The molecule has 0 aliphatic heterocycles. The molecule has 0 amide bonds. The number of hydrogen-bond donors (Lipinski definition) is 1. The highest BCUT2D eigenvalue weighted by Gasteiger charge is 2.18. The quantitative estimate of drug-likeness (QED) is 0.648. The first-order chi connectivity index (χ1) is 8.35. The number of halogens is 1. The van der Waals surface area contributed by atoms with Crippen LogP contribution in [-0.4, -0.2) is 25.3 Å². The standard InChI is InChI=1S/C13H18FNO3/c1-13(2,17-3)6-7-18-12(16)10-8-9(14)4-5-11(10)15/h4-5,8H,6-7,15H2,1-3H3. The molecule has 1 aromatic carbocycles. The summed E-state index contributed by atoms with van der Waals surface area (Å²) in [6.07, 6.45) is 0.546. The molecule has 0 atom stereocenters. The Morgan fingerprint density at radius 2 is 2.11 bits per heavy atom. The van der Waals surface area contributed by atoms with Crippen LogP contribution in [0, 0.1) is 5.82 Å². The summed E-state index contributed by atoms with van der Waals surface area (Å²) in [7, 11) is 1.59. The van der Waals surface area contributed by atoms with E-state index in [2.05, 4.69) is 0 Å². The van der Waals surface area contributed by atoms with Gasteiger partial charge in [-0.05, 0) is 32.0 Å². The second-order valence-electron chi connectivity index (χ2n) is 4.58. The van der Waals surface area contributed by atoms with Crippen LogP contribution in [0.15, 0.2) is 18.2 Å². The Hall–Kier alpha value is -1.62. The van der Waals surface area contributed by atoms with E-state index in [0.29, 0.717) is 6.42 Å². The van der Waals surface area contributed by atoms with Gasteiger partial charge in [-0.15, -0.1) is 0 Å². The summed E-state index contributed by atoms with van der Waals surface area (Å²) in [6.45, 7) is 3.96. The molecule has 0 aromatic heterocycles. The van der Waals surface area contributed by atoms with Crippen LogP contribution in [0.4, 0.5) is 10.1 Å².